The average molecular weight is 274 g/mol. The number of aromatic carboxylic acids is 1. The number of nitrogens with zero attached hydrogens (tertiary/aromatic N) is 1. The molecule has 1 heterocycles. The lowest BCUT2D eigenvalue weighted by Gasteiger charge is -2.12. The van der Waals surface area contributed by atoms with Crippen molar-refractivity contribution < 1.29 is 19.4 Å². The predicted octanol–water partition coefficient (Wildman–Crippen LogP) is 2.54. The Morgan fingerprint density at radius 2 is 1.95 bits per heavy atom. The number of carbonyl (C=O) groups is 1. The largest absolute Gasteiger partial charge is 0.493 e. The summed E-state index contributed by atoms with van der Waals surface area (Å²) in [5.41, 5.74) is 1.24. The van der Waals surface area contributed by atoms with E-state index >= 15 is 0 Å². The average Bonchev–Trinajstić information content (AvgIpc) is 2.47. The first kappa shape index (κ1) is 13.7. The van der Waals surface area contributed by atoms with E-state index in [-0.39, 0.29) is 5.56 Å². The summed E-state index contributed by atoms with van der Waals surface area (Å²) in [4.78, 5) is 15.0. The lowest BCUT2D eigenvalue weighted by atomic mass is 10.2. The van der Waals surface area contributed by atoms with Crippen molar-refractivity contribution in [2.45, 2.75) is 0 Å². The number of hydrogen-bond acceptors (Lipinski definition) is 5. The summed E-state index contributed by atoms with van der Waals surface area (Å²) in [6.45, 7) is 0. The van der Waals surface area contributed by atoms with Crippen molar-refractivity contribution in [1.82, 2.24) is 4.98 Å². The molecule has 0 amide bonds. The Morgan fingerprint density at radius 3 is 2.60 bits per heavy atom. The van der Waals surface area contributed by atoms with Gasteiger partial charge < -0.3 is 19.9 Å². The van der Waals surface area contributed by atoms with Gasteiger partial charge in [-0.25, -0.2) is 4.79 Å². The van der Waals surface area contributed by atoms with Crippen molar-refractivity contribution in [2.75, 3.05) is 19.5 Å². The minimum atomic E-state index is -1.02. The summed E-state index contributed by atoms with van der Waals surface area (Å²) in [6.07, 6.45) is 2.89. The van der Waals surface area contributed by atoms with Gasteiger partial charge in [-0.15, -0.1) is 0 Å². The number of ether oxygens (including phenoxy) is 2. The van der Waals surface area contributed by atoms with E-state index < -0.39 is 5.97 Å². The standard InChI is InChI=1S/C14H14N2O4/c1-19-12-4-3-9(7-13(12)20-2)16-11-8-15-6-5-10(11)14(17)18/h3-8,16H,1-2H3,(H,17,18). The highest BCUT2D eigenvalue weighted by molar-refractivity contribution is 5.94. The van der Waals surface area contributed by atoms with Crippen LogP contribution in [0, 0.1) is 0 Å². The Balaban J connectivity index is 2.33. The molecular formula is C14H14N2O4. The number of carboxylic acids is 1. The van der Waals surface area contributed by atoms with E-state index in [9.17, 15) is 4.79 Å². The molecule has 0 saturated carbocycles. The van der Waals surface area contributed by atoms with Crippen molar-refractivity contribution in [3.63, 3.8) is 0 Å². The number of aromatic nitrogens is 1. The first-order valence-corrected chi connectivity index (χ1v) is 5.82. The van der Waals surface area contributed by atoms with Crippen molar-refractivity contribution in [1.29, 1.82) is 0 Å². The van der Waals surface area contributed by atoms with Crippen molar-refractivity contribution in [3.8, 4) is 11.5 Å². The fourth-order valence-corrected chi connectivity index (χ4v) is 1.75. The monoisotopic (exact) mass is 274 g/mol. The van der Waals surface area contributed by atoms with E-state index in [0.29, 0.717) is 22.9 Å². The number of pyridine rings is 1. The SMILES string of the molecule is COc1ccc(Nc2cnccc2C(=O)O)cc1OC. The maximum Gasteiger partial charge on any atom is 0.337 e. The normalized spacial score (nSPS) is 9.90. The topological polar surface area (TPSA) is 80.7 Å². The summed E-state index contributed by atoms with van der Waals surface area (Å²) in [7, 11) is 3.09. The Bertz CT molecular complexity index is 628. The molecule has 0 aliphatic heterocycles. The quantitative estimate of drug-likeness (QED) is 0.872. The molecule has 0 unspecified atom stereocenters. The van der Waals surface area contributed by atoms with Gasteiger partial charge in [-0.05, 0) is 18.2 Å². The Morgan fingerprint density at radius 1 is 1.20 bits per heavy atom. The lowest BCUT2D eigenvalue weighted by Crippen LogP contribution is -2.03. The van der Waals surface area contributed by atoms with E-state index in [0.717, 1.165) is 0 Å². The molecule has 2 aromatic rings. The van der Waals surface area contributed by atoms with Crippen LogP contribution in [0.3, 0.4) is 0 Å². The van der Waals surface area contributed by atoms with Gasteiger partial charge in [0.15, 0.2) is 11.5 Å². The summed E-state index contributed by atoms with van der Waals surface area (Å²) in [5.74, 6) is 0.135. The second-order valence-corrected chi connectivity index (χ2v) is 3.92. The van der Waals surface area contributed by atoms with E-state index in [4.69, 9.17) is 14.6 Å². The smallest absolute Gasteiger partial charge is 0.337 e. The van der Waals surface area contributed by atoms with Crippen molar-refractivity contribution in [3.05, 3.63) is 42.2 Å². The lowest BCUT2D eigenvalue weighted by molar-refractivity contribution is 0.0698. The Labute approximate surface area is 116 Å². The van der Waals surface area contributed by atoms with Crippen LogP contribution >= 0.6 is 0 Å². The van der Waals surface area contributed by atoms with Crippen molar-refractivity contribution in [2.24, 2.45) is 0 Å². The molecule has 0 aliphatic carbocycles. The molecular weight excluding hydrogens is 260 g/mol. The van der Waals surface area contributed by atoms with Crippen LogP contribution in [-0.2, 0) is 0 Å². The minimum absolute atomic E-state index is 0.148. The molecule has 0 atom stereocenters. The summed E-state index contributed by atoms with van der Waals surface area (Å²) in [6, 6.07) is 6.65. The fraction of sp³-hybridized carbons (Fsp3) is 0.143. The second-order valence-electron chi connectivity index (χ2n) is 3.92. The van der Waals surface area contributed by atoms with Crippen LogP contribution in [0.15, 0.2) is 36.7 Å². The molecule has 0 spiro atoms. The third-order valence-corrected chi connectivity index (χ3v) is 2.71. The Kier molecular flexibility index (Phi) is 4.05. The molecule has 6 heteroatoms. The zero-order valence-corrected chi connectivity index (χ0v) is 11.1. The zero-order chi connectivity index (χ0) is 14.5. The molecule has 0 radical (unpaired) electrons. The van der Waals surface area contributed by atoms with Crippen molar-refractivity contribution >= 4 is 17.3 Å². The number of methoxy groups -OCH3 is 2. The number of hydrogen-bond donors (Lipinski definition) is 2. The molecule has 2 rings (SSSR count). The van der Waals surface area contributed by atoms with Gasteiger partial charge in [0.2, 0.25) is 0 Å². The number of anilines is 2. The second kappa shape index (κ2) is 5.92. The number of benzene rings is 1. The van der Waals surface area contributed by atoms with Gasteiger partial charge in [0.1, 0.15) is 0 Å². The van der Waals surface area contributed by atoms with Crippen LogP contribution in [0.2, 0.25) is 0 Å². The summed E-state index contributed by atoms with van der Waals surface area (Å²) >= 11 is 0. The van der Waals surface area contributed by atoms with Gasteiger partial charge in [0.25, 0.3) is 0 Å². The van der Waals surface area contributed by atoms with Gasteiger partial charge in [0, 0.05) is 18.0 Å². The molecule has 0 saturated heterocycles. The van der Waals surface area contributed by atoms with Crippen LogP contribution in [0.25, 0.3) is 0 Å². The zero-order valence-electron chi connectivity index (χ0n) is 11.1. The van der Waals surface area contributed by atoms with Crippen LogP contribution in [0.4, 0.5) is 11.4 Å². The molecule has 0 aliphatic rings. The number of nitrogens with one attached hydrogen (secondary N) is 1. The summed E-state index contributed by atoms with van der Waals surface area (Å²) < 4.78 is 10.3. The molecule has 20 heavy (non-hydrogen) atoms. The number of carboxylic acid groups (broad SMARTS) is 1. The maximum atomic E-state index is 11.1. The van der Waals surface area contributed by atoms with E-state index in [2.05, 4.69) is 10.3 Å². The van der Waals surface area contributed by atoms with Gasteiger partial charge in [-0.2, -0.15) is 0 Å². The van der Waals surface area contributed by atoms with Gasteiger partial charge in [0.05, 0.1) is 31.7 Å². The highest BCUT2D eigenvalue weighted by Gasteiger charge is 2.11. The third kappa shape index (κ3) is 2.80. The van der Waals surface area contributed by atoms with Gasteiger partial charge in [-0.1, -0.05) is 0 Å². The highest BCUT2D eigenvalue weighted by atomic mass is 16.5. The Hall–Kier alpha value is -2.76. The minimum Gasteiger partial charge on any atom is -0.493 e. The van der Waals surface area contributed by atoms with Crippen LogP contribution < -0.4 is 14.8 Å². The first-order valence-electron chi connectivity index (χ1n) is 5.82. The molecule has 0 fully saturated rings. The molecule has 1 aromatic heterocycles. The third-order valence-electron chi connectivity index (χ3n) is 2.71. The van der Waals surface area contributed by atoms with E-state index in [1.807, 2.05) is 0 Å². The van der Waals surface area contributed by atoms with Crippen LogP contribution in [0.1, 0.15) is 10.4 Å². The maximum absolute atomic E-state index is 11.1. The molecule has 0 bridgehead atoms. The highest BCUT2D eigenvalue weighted by Crippen LogP contribution is 2.31. The molecule has 2 N–H and O–H groups in total. The van der Waals surface area contributed by atoms with Crippen LogP contribution in [0.5, 0.6) is 11.5 Å². The summed E-state index contributed by atoms with van der Waals surface area (Å²) in [5, 5.41) is 12.1. The van der Waals surface area contributed by atoms with Gasteiger partial charge in [-0.3, -0.25) is 4.98 Å². The molecule has 104 valence electrons. The molecule has 6 nitrogen and oxygen atoms in total. The first-order chi connectivity index (χ1) is 9.65. The van der Waals surface area contributed by atoms with E-state index in [1.54, 1.807) is 25.3 Å². The number of rotatable bonds is 5. The molecule has 1 aromatic carbocycles. The predicted molar refractivity (Wildman–Crippen MR) is 74.0 cm³/mol. The van der Waals surface area contributed by atoms with E-state index in [1.165, 1.54) is 25.6 Å². The fourth-order valence-electron chi connectivity index (χ4n) is 1.75. The van der Waals surface area contributed by atoms with Gasteiger partial charge >= 0.3 is 5.97 Å². The van der Waals surface area contributed by atoms with Crippen LogP contribution in [-0.4, -0.2) is 30.3 Å².